The average Bonchev–Trinajstić information content (AvgIpc) is 2.86. The first-order chi connectivity index (χ1) is 8.43. The van der Waals surface area contributed by atoms with Crippen molar-refractivity contribution in [1.29, 1.82) is 0 Å². The molecule has 0 spiro atoms. The molecular weight excluding hydrogens is 323 g/mol. The second kappa shape index (κ2) is 11.6. The fraction of sp³-hybridized carbons (Fsp3) is 0.412. The molecule has 0 aliphatic rings. The Balaban J connectivity index is 0. The number of rotatable bonds is 0. The van der Waals surface area contributed by atoms with Crippen molar-refractivity contribution in [3.63, 3.8) is 0 Å². The molecule has 0 aliphatic carbocycles. The van der Waals surface area contributed by atoms with Crippen molar-refractivity contribution in [1.82, 2.24) is 0 Å². The fourth-order valence-electron chi connectivity index (χ4n) is 1.60. The quantitative estimate of drug-likeness (QED) is 0.470. The molecule has 2 aromatic carbocycles. The Labute approximate surface area is 141 Å². The van der Waals surface area contributed by atoms with Crippen LogP contribution in [0, 0.1) is 34.6 Å². The molecule has 1 radical (unpaired) electrons. The van der Waals surface area contributed by atoms with Crippen LogP contribution >= 0.6 is 0 Å². The van der Waals surface area contributed by atoms with Crippen molar-refractivity contribution in [2.45, 2.75) is 47.7 Å². The van der Waals surface area contributed by atoms with Crippen LogP contribution in [0.5, 0.6) is 0 Å². The summed E-state index contributed by atoms with van der Waals surface area (Å²) < 4.78 is 0. The monoisotopic (exact) mass is 349 g/mol. The number of hydrogen-bond donors (Lipinski definition) is 0. The first-order valence-corrected chi connectivity index (χ1v) is 8.87. The van der Waals surface area contributed by atoms with E-state index < -0.39 is 0 Å². The summed E-state index contributed by atoms with van der Waals surface area (Å²) in [7, 11) is 0.750. The van der Waals surface area contributed by atoms with Crippen molar-refractivity contribution >= 4 is 9.52 Å². The van der Waals surface area contributed by atoms with Gasteiger partial charge in [0.15, 0.2) is 0 Å². The summed E-state index contributed by atoms with van der Waals surface area (Å²) in [6, 6.07) is 10.5. The summed E-state index contributed by atoms with van der Waals surface area (Å²) in [5, 5.41) is 0. The van der Waals surface area contributed by atoms with E-state index in [1.165, 1.54) is 27.8 Å². The van der Waals surface area contributed by atoms with Gasteiger partial charge in [0, 0.05) is 9.52 Å². The summed E-state index contributed by atoms with van der Waals surface area (Å²) in [5.41, 5.74) is 7.09. The van der Waals surface area contributed by atoms with E-state index in [0.717, 1.165) is 9.52 Å². The fourth-order valence-corrected chi connectivity index (χ4v) is 1.60. The molecule has 0 heterocycles. The van der Waals surface area contributed by atoms with Crippen LogP contribution in [-0.2, 0) is 26.2 Å². The first kappa shape index (κ1) is 21.1. The smallest absolute Gasteiger partial charge is 0.213 e. The molecule has 0 saturated heterocycles. The topological polar surface area (TPSA) is 0 Å². The molecule has 0 saturated carbocycles. The molecule has 103 valence electrons. The molecular formula is C17H27SiZr. The molecule has 2 aromatic rings. The second-order valence-electron chi connectivity index (χ2n) is 4.80. The third kappa shape index (κ3) is 8.55. The average molecular weight is 351 g/mol. The van der Waals surface area contributed by atoms with E-state index >= 15 is 0 Å². The van der Waals surface area contributed by atoms with Gasteiger partial charge in [-0.3, -0.25) is 0 Å². The molecule has 0 fully saturated rings. The zero-order valence-corrected chi connectivity index (χ0v) is 17.1. The Hall–Kier alpha value is -0.200. The molecule has 0 aromatic heterocycles. The summed E-state index contributed by atoms with van der Waals surface area (Å²) in [4.78, 5) is 0. The standard InChI is InChI=1S/C9H13.C6H7.C2H7Si.Zr/c1-6-5-7(2)9(4)8(6)3;1-6-4-2-3-5-6;1-3-2;/h5H,1-4H3;2-5H,1H3;3H,1-2H3;/q2*-1;;+2. The first-order valence-electron chi connectivity index (χ1n) is 6.56. The maximum atomic E-state index is 2.24. The summed E-state index contributed by atoms with van der Waals surface area (Å²) >= 11 is 0. The minimum Gasteiger partial charge on any atom is -0.213 e. The van der Waals surface area contributed by atoms with Crippen molar-refractivity contribution < 1.29 is 26.2 Å². The van der Waals surface area contributed by atoms with Crippen molar-refractivity contribution in [3.8, 4) is 0 Å². The van der Waals surface area contributed by atoms with Gasteiger partial charge in [0.25, 0.3) is 0 Å². The van der Waals surface area contributed by atoms with Crippen LogP contribution in [-0.4, -0.2) is 9.52 Å². The van der Waals surface area contributed by atoms with Crippen LogP contribution in [0.25, 0.3) is 0 Å². The van der Waals surface area contributed by atoms with E-state index in [2.05, 4.69) is 65.9 Å². The van der Waals surface area contributed by atoms with Gasteiger partial charge in [-0.15, -0.1) is 0 Å². The van der Waals surface area contributed by atoms with Crippen molar-refractivity contribution in [3.05, 3.63) is 58.1 Å². The SMILES string of the molecule is C[SiH]C.Cc1c[c-](C)c(C)c1C.Cc1ccc[cH-]1.[Zr+2]. The molecule has 0 atom stereocenters. The van der Waals surface area contributed by atoms with Crippen LogP contribution in [0.3, 0.4) is 0 Å². The third-order valence-corrected chi connectivity index (χ3v) is 3.01. The molecule has 19 heavy (non-hydrogen) atoms. The zero-order valence-electron chi connectivity index (χ0n) is 13.5. The van der Waals surface area contributed by atoms with E-state index in [-0.39, 0.29) is 26.2 Å². The van der Waals surface area contributed by atoms with E-state index in [1.54, 1.807) is 0 Å². The predicted octanol–water partition coefficient (Wildman–Crippen LogP) is 4.87. The number of hydrogen-bond acceptors (Lipinski definition) is 0. The third-order valence-electron chi connectivity index (χ3n) is 3.01. The summed E-state index contributed by atoms with van der Waals surface area (Å²) in [6.07, 6.45) is 0. The van der Waals surface area contributed by atoms with Gasteiger partial charge in [-0.1, -0.05) is 47.7 Å². The maximum Gasteiger partial charge on any atom is 2.00 e. The van der Waals surface area contributed by atoms with E-state index in [4.69, 9.17) is 0 Å². The molecule has 0 nitrogen and oxygen atoms in total. The zero-order chi connectivity index (χ0) is 14.1. The Morgan fingerprint density at radius 3 is 1.74 bits per heavy atom. The Kier molecular flexibility index (Phi) is 12.9. The van der Waals surface area contributed by atoms with E-state index in [0.29, 0.717) is 0 Å². The van der Waals surface area contributed by atoms with Gasteiger partial charge in [-0.05, 0) is 0 Å². The van der Waals surface area contributed by atoms with Crippen LogP contribution < -0.4 is 0 Å². The van der Waals surface area contributed by atoms with E-state index in [1.807, 2.05) is 12.1 Å². The molecule has 0 aliphatic heterocycles. The van der Waals surface area contributed by atoms with Gasteiger partial charge in [0.05, 0.1) is 0 Å². The van der Waals surface area contributed by atoms with Crippen molar-refractivity contribution in [2.75, 3.05) is 0 Å². The summed E-state index contributed by atoms with van der Waals surface area (Å²) in [5.74, 6) is 0. The van der Waals surface area contributed by atoms with Gasteiger partial charge < -0.3 is 0 Å². The second-order valence-corrected chi connectivity index (χ2v) is 5.95. The van der Waals surface area contributed by atoms with Crippen molar-refractivity contribution in [2.24, 2.45) is 0 Å². The minimum atomic E-state index is 0. The Morgan fingerprint density at radius 1 is 1.11 bits per heavy atom. The van der Waals surface area contributed by atoms with Gasteiger partial charge >= 0.3 is 26.2 Å². The van der Waals surface area contributed by atoms with Crippen LogP contribution in [0.2, 0.25) is 13.1 Å². The van der Waals surface area contributed by atoms with Gasteiger partial charge in [0.2, 0.25) is 0 Å². The van der Waals surface area contributed by atoms with Gasteiger partial charge in [-0.2, -0.15) is 46.0 Å². The van der Waals surface area contributed by atoms with Crippen LogP contribution in [0.1, 0.15) is 27.8 Å². The predicted molar refractivity (Wildman–Crippen MR) is 86.6 cm³/mol. The molecule has 0 unspecified atom stereocenters. The molecule has 2 heteroatoms. The summed E-state index contributed by atoms with van der Waals surface area (Å²) in [6.45, 7) is 15.2. The molecule has 0 N–H and O–H groups in total. The normalized spacial score (nSPS) is 8.58. The minimum absolute atomic E-state index is 0. The van der Waals surface area contributed by atoms with Gasteiger partial charge in [-0.25, -0.2) is 12.1 Å². The molecule has 0 bridgehead atoms. The maximum absolute atomic E-state index is 2.24. The van der Waals surface area contributed by atoms with E-state index in [9.17, 15) is 0 Å². The van der Waals surface area contributed by atoms with Crippen LogP contribution in [0.15, 0.2) is 30.3 Å². The number of aryl methyl sites for hydroxylation is 3. The Bertz CT molecular complexity index is 402. The largest absolute Gasteiger partial charge is 2.00 e. The Morgan fingerprint density at radius 2 is 1.63 bits per heavy atom. The molecule has 0 amide bonds. The molecule has 2 rings (SSSR count). The van der Waals surface area contributed by atoms with Crippen LogP contribution in [0.4, 0.5) is 0 Å². The van der Waals surface area contributed by atoms with Gasteiger partial charge in [0.1, 0.15) is 0 Å².